The molecule has 26 heavy (non-hydrogen) atoms. The number of hydrogen-bond acceptors (Lipinski definition) is 4. The van der Waals surface area contributed by atoms with Crippen molar-refractivity contribution < 1.29 is 14.3 Å². The first-order valence-electron chi connectivity index (χ1n) is 8.51. The van der Waals surface area contributed by atoms with Crippen LogP contribution in [0.15, 0.2) is 36.4 Å². The summed E-state index contributed by atoms with van der Waals surface area (Å²) in [6, 6.07) is 11.6. The van der Waals surface area contributed by atoms with Crippen LogP contribution in [0, 0.1) is 6.92 Å². The molecule has 2 aromatic carbocycles. The number of nitrogens with one attached hydrogen (secondary N) is 1. The standard InChI is InChI=1S/C20H25ClN2O3/c1-5-23(15-8-6-7-14(2)11-15)10-9-20(24)22-17-13-18(25-3)16(21)12-19(17)26-4/h6-8,11-13H,5,9-10H2,1-4H3,(H,22,24). The average Bonchev–Trinajstić information content (AvgIpc) is 2.63. The number of nitrogens with zero attached hydrogens (tertiary/aromatic N) is 1. The molecular weight excluding hydrogens is 352 g/mol. The maximum absolute atomic E-state index is 12.4. The average molecular weight is 377 g/mol. The minimum absolute atomic E-state index is 0.0984. The molecule has 2 aromatic rings. The maximum Gasteiger partial charge on any atom is 0.226 e. The van der Waals surface area contributed by atoms with Crippen LogP contribution in [0.1, 0.15) is 18.9 Å². The molecule has 0 aliphatic heterocycles. The lowest BCUT2D eigenvalue weighted by Gasteiger charge is -2.23. The molecule has 0 atom stereocenters. The maximum atomic E-state index is 12.4. The van der Waals surface area contributed by atoms with Gasteiger partial charge in [-0.15, -0.1) is 0 Å². The van der Waals surface area contributed by atoms with E-state index in [-0.39, 0.29) is 5.91 Å². The quantitative estimate of drug-likeness (QED) is 0.735. The number of rotatable bonds is 8. The van der Waals surface area contributed by atoms with Gasteiger partial charge in [-0.05, 0) is 31.5 Å². The van der Waals surface area contributed by atoms with Gasteiger partial charge in [-0.2, -0.15) is 0 Å². The van der Waals surface area contributed by atoms with Gasteiger partial charge >= 0.3 is 0 Å². The Morgan fingerprint density at radius 2 is 1.88 bits per heavy atom. The molecule has 6 heteroatoms. The first kappa shape index (κ1) is 19.9. The Morgan fingerprint density at radius 3 is 2.50 bits per heavy atom. The van der Waals surface area contributed by atoms with Gasteiger partial charge in [-0.25, -0.2) is 0 Å². The van der Waals surface area contributed by atoms with E-state index in [9.17, 15) is 4.79 Å². The number of hydrogen-bond donors (Lipinski definition) is 1. The van der Waals surface area contributed by atoms with Crippen LogP contribution in [-0.4, -0.2) is 33.2 Å². The van der Waals surface area contributed by atoms with E-state index in [1.165, 1.54) is 19.8 Å². The third kappa shape index (κ3) is 5.05. The minimum atomic E-state index is -0.0984. The normalized spacial score (nSPS) is 10.3. The molecule has 0 saturated carbocycles. The lowest BCUT2D eigenvalue weighted by molar-refractivity contribution is -0.116. The Morgan fingerprint density at radius 1 is 1.15 bits per heavy atom. The van der Waals surface area contributed by atoms with Gasteiger partial charge in [-0.1, -0.05) is 23.7 Å². The zero-order chi connectivity index (χ0) is 19.1. The first-order valence-corrected chi connectivity index (χ1v) is 8.89. The van der Waals surface area contributed by atoms with Gasteiger partial charge in [0.25, 0.3) is 0 Å². The van der Waals surface area contributed by atoms with Crippen molar-refractivity contribution in [3.63, 3.8) is 0 Å². The fourth-order valence-electron chi connectivity index (χ4n) is 2.70. The van der Waals surface area contributed by atoms with E-state index < -0.39 is 0 Å². The summed E-state index contributed by atoms with van der Waals surface area (Å²) in [7, 11) is 3.06. The van der Waals surface area contributed by atoms with Crippen molar-refractivity contribution in [3.8, 4) is 11.5 Å². The summed E-state index contributed by atoms with van der Waals surface area (Å²) in [5, 5.41) is 3.31. The Kier molecular flexibility index (Phi) is 7.16. The summed E-state index contributed by atoms with van der Waals surface area (Å²) in [4.78, 5) is 14.6. The van der Waals surface area contributed by atoms with Crippen LogP contribution in [0.3, 0.4) is 0 Å². The third-order valence-electron chi connectivity index (χ3n) is 4.11. The van der Waals surface area contributed by atoms with Crippen LogP contribution in [-0.2, 0) is 4.79 Å². The highest BCUT2D eigenvalue weighted by Gasteiger charge is 2.14. The molecule has 0 radical (unpaired) electrons. The van der Waals surface area contributed by atoms with Crippen molar-refractivity contribution in [1.29, 1.82) is 0 Å². The van der Waals surface area contributed by atoms with Crippen molar-refractivity contribution in [2.45, 2.75) is 20.3 Å². The lowest BCUT2D eigenvalue weighted by Crippen LogP contribution is -2.27. The summed E-state index contributed by atoms with van der Waals surface area (Å²) in [5.74, 6) is 0.881. The highest BCUT2D eigenvalue weighted by Crippen LogP contribution is 2.35. The second-order valence-electron chi connectivity index (χ2n) is 5.90. The molecule has 0 saturated heterocycles. The van der Waals surface area contributed by atoms with E-state index in [1.54, 1.807) is 12.1 Å². The molecule has 2 rings (SSSR count). The summed E-state index contributed by atoms with van der Waals surface area (Å²) in [6.45, 7) is 5.59. The molecule has 0 aromatic heterocycles. The van der Waals surface area contributed by atoms with Crippen LogP contribution in [0.25, 0.3) is 0 Å². The molecule has 1 N–H and O–H groups in total. The van der Waals surface area contributed by atoms with Crippen molar-refractivity contribution in [3.05, 3.63) is 47.0 Å². The van der Waals surface area contributed by atoms with E-state index in [2.05, 4.69) is 42.3 Å². The Labute approximate surface area is 159 Å². The van der Waals surface area contributed by atoms with E-state index in [0.717, 1.165) is 12.2 Å². The van der Waals surface area contributed by atoms with Gasteiger partial charge in [0.15, 0.2) is 0 Å². The summed E-state index contributed by atoms with van der Waals surface area (Å²) in [5.41, 5.74) is 2.85. The number of anilines is 2. The number of aryl methyl sites for hydroxylation is 1. The predicted octanol–water partition coefficient (Wildman–Crippen LogP) is 4.52. The second-order valence-corrected chi connectivity index (χ2v) is 6.31. The molecular formula is C20H25ClN2O3. The van der Waals surface area contributed by atoms with Crippen molar-refractivity contribution in [2.75, 3.05) is 37.5 Å². The van der Waals surface area contributed by atoms with Crippen LogP contribution in [0.2, 0.25) is 5.02 Å². The third-order valence-corrected chi connectivity index (χ3v) is 4.40. The van der Waals surface area contributed by atoms with E-state index in [1.807, 2.05) is 6.07 Å². The topological polar surface area (TPSA) is 50.8 Å². The molecule has 0 aliphatic carbocycles. The number of ether oxygens (including phenoxy) is 2. The molecule has 140 valence electrons. The lowest BCUT2D eigenvalue weighted by atomic mass is 10.2. The van der Waals surface area contributed by atoms with E-state index >= 15 is 0 Å². The number of carbonyl (C=O) groups excluding carboxylic acids is 1. The van der Waals surface area contributed by atoms with Gasteiger partial charge < -0.3 is 19.7 Å². The van der Waals surface area contributed by atoms with Crippen LogP contribution >= 0.6 is 11.6 Å². The fourth-order valence-corrected chi connectivity index (χ4v) is 2.93. The van der Waals surface area contributed by atoms with Crippen molar-refractivity contribution >= 4 is 28.9 Å². The largest absolute Gasteiger partial charge is 0.495 e. The summed E-state index contributed by atoms with van der Waals surface area (Å²) in [6.07, 6.45) is 0.357. The summed E-state index contributed by atoms with van der Waals surface area (Å²) >= 11 is 6.09. The molecule has 0 spiro atoms. The molecule has 0 aliphatic rings. The molecule has 0 unspecified atom stereocenters. The van der Waals surface area contributed by atoms with E-state index in [0.29, 0.717) is 35.2 Å². The van der Waals surface area contributed by atoms with Gasteiger partial charge in [0, 0.05) is 37.3 Å². The zero-order valence-corrected chi connectivity index (χ0v) is 16.4. The van der Waals surface area contributed by atoms with Crippen LogP contribution < -0.4 is 19.7 Å². The monoisotopic (exact) mass is 376 g/mol. The number of methoxy groups -OCH3 is 2. The first-order chi connectivity index (χ1) is 12.5. The molecule has 0 heterocycles. The van der Waals surface area contributed by atoms with Crippen LogP contribution in [0.4, 0.5) is 11.4 Å². The molecule has 0 bridgehead atoms. The number of halogens is 1. The fraction of sp³-hybridized carbons (Fsp3) is 0.350. The van der Waals surface area contributed by atoms with Crippen LogP contribution in [0.5, 0.6) is 11.5 Å². The zero-order valence-electron chi connectivity index (χ0n) is 15.6. The SMILES string of the molecule is CCN(CCC(=O)Nc1cc(OC)c(Cl)cc1OC)c1cccc(C)c1. The highest BCUT2D eigenvalue weighted by atomic mass is 35.5. The van der Waals surface area contributed by atoms with Gasteiger partial charge in [0.2, 0.25) is 5.91 Å². The summed E-state index contributed by atoms with van der Waals surface area (Å²) < 4.78 is 10.5. The Bertz CT molecular complexity index is 765. The van der Waals surface area contributed by atoms with Gasteiger partial charge in [0.1, 0.15) is 11.5 Å². The second kappa shape index (κ2) is 9.34. The Hall–Kier alpha value is -2.40. The van der Waals surface area contributed by atoms with E-state index in [4.69, 9.17) is 21.1 Å². The molecule has 5 nitrogen and oxygen atoms in total. The number of amides is 1. The van der Waals surface area contributed by atoms with Crippen molar-refractivity contribution in [1.82, 2.24) is 0 Å². The minimum Gasteiger partial charge on any atom is -0.495 e. The smallest absolute Gasteiger partial charge is 0.226 e. The number of carbonyl (C=O) groups is 1. The van der Waals surface area contributed by atoms with Crippen molar-refractivity contribution in [2.24, 2.45) is 0 Å². The molecule has 1 amide bonds. The van der Waals surface area contributed by atoms with Gasteiger partial charge in [-0.3, -0.25) is 4.79 Å². The molecule has 0 fully saturated rings. The Balaban J connectivity index is 2.04. The van der Waals surface area contributed by atoms with Gasteiger partial charge in [0.05, 0.1) is 24.9 Å². The highest BCUT2D eigenvalue weighted by molar-refractivity contribution is 6.32. The number of benzene rings is 2. The predicted molar refractivity (Wildman–Crippen MR) is 107 cm³/mol.